The summed E-state index contributed by atoms with van der Waals surface area (Å²) in [5.74, 6) is 0. The molecule has 1 aliphatic heterocycles. The predicted molar refractivity (Wildman–Crippen MR) is 54.0 cm³/mol. The zero-order valence-corrected chi connectivity index (χ0v) is 8.55. The van der Waals surface area contributed by atoms with Gasteiger partial charge in [-0.2, -0.15) is 0 Å². The molecule has 2 aliphatic rings. The molecule has 1 heterocycles. The van der Waals surface area contributed by atoms with Gasteiger partial charge in [0.15, 0.2) is 0 Å². The number of rotatable bonds is 1. The molecule has 0 aromatic carbocycles. The Morgan fingerprint density at radius 2 is 2.07 bits per heavy atom. The molecule has 78 valence electrons. The third-order valence-corrected chi connectivity index (χ3v) is 4.00. The molecule has 0 aromatic rings. The van der Waals surface area contributed by atoms with Gasteiger partial charge >= 0.3 is 0 Å². The number of hydrogen-bond acceptors (Lipinski definition) is 4. The van der Waals surface area contributed by atoms with Crippen LogP contribution in [0.15, 0.2) is 16.2 Å². The summed E-state index contributed by atoms with van der Waals surface area (Å²) in [5.41, 5.74) is 5.31. The van der Waals surface area contributed by atoms with E-state index < -0.39 is 9.84 Å². The van der Waals surface area contributed by atoms with Crippen LogP contribution in [-0.2, 0) is 9.84 Å². The van der Waals surface area contributed by atoms with Gasteiger partial charge in [0.25, 0.3) is 9.84 Å². The predicted octanol–water partition coefficient (Wildman–Crippen LogP) is 0.0606. The maximum atomic E-state index is 11.5. The third kappa shape index (κ3) is 1.50. The summed E-state index contributed by atoms with van der Waals surface area (Å²) in [6.45, 7) is 0. The highest BCUT2D eigenvalue weighted by atomic mass is 32.2. The first-order valence-electron chi connectivity index (χ1n) is 4.66. The summed E-state index contributed by atoms with van der Waals surface area (Å²) in [7, 11) is -3.48. The molecule has 5 nitrogen and oxygen atoms in total. The Bertz CT molecular complexity index is 391. The van der Waals surface area contributed by atoms with E-state index in [1.165, 1.54) is 6.20 Å². The van der Waals surface area contributed by atoms with Gasteiger partial charge in [-0.05, 0) is 12.8 Å². The molecule has 1 saturated carbocycles. The fourth-order valence-electron chi connectivity index (χ4n) is 1.71. The number of sulfone groups is 1. The fraction of sp³-hybridized carbons (Fsp3) is 0.625. The van der Waals surface area contributed by atoms with Gasteiger partial charge in [-0.3, -0.25) is 4.99 Å². The van der Waals surface area contributed by atoms with Crippen molar-refractivity contribution in [2.24, 2.45) is 10.7 Å². The second-order valence-electron chi connectivity index (χ2n) is 3.57. The molecular formula is C8H13N3O2S. The lowest BCUT2D eigenvalue weighted by Crippen LogP contribution is -2.24. The van der Waals surface area contributed by atoms with Crippen LogP contribution in [0, 0.1) is 0 Å². The molecule has 0 aromatic heterocycles. The van der Waals surface area contributed by atoms with Crippen molar-refractivity contribution in [3.05, 3.63) is 11.2 Å². The maximum Gasteiger partial charge on any atom is 0.255 e. The van der Waals surface area contributed by atoms with Crippen molar-refractivity contribution in [2.75, 3.05) is 0 Å². The first-order chi connectivity index (χ1) is 6.60. The minimum atomic E-state index is -3.48. The normalized spacial score (nSPS) is 29.1. The van der Waals surface area contributed by atoms with Crippen molar-refractivity contribution in [3.8, 4) is 0 Å². The molecule has 1 fully saturated rings. The Hall–Kier alpha value is -1.04. The number of nitrogens with zero attached hydrogens (tertiary/aromatic N) is 1. The number of aliphatic imine (C=N–C) groups is 1. The van der Waals surface area contributed by atoms with E-state index in [-0.39, 0.29) is 16.2 Å². The summed E-state index contributed by atoms with van der Waals surface area (Å²) in [4.78, 5) is 4.16. The molecule has 2 rings (SSSR count). The quantitative estimate of drug-likeness (QED) is 0.647. The lowest BCUT2D eigenvalue weighted by Gasteiger charge is -2.04. The van der Waals surface area contributed by atoms with Crippen molar-refractivity contribution in [1.29, 1.82) is 0 Å². The Kier molecular flexibility index (Phi) is 2.22. The Morgan fingerprint density at radius 3 is 2.57 bits per heavy atom. The van der Waals surface area contributed by atoms with E-state index in [0.29, 0.717) is 0 Å². The third-order valence-electron chi connectivity index (χ3n) is 2.53. The van der Waals surface area contributed by atoms with Gasteiger partial charge in [0.2, 0.25) is 5.17 Å². The van der Waals surface area contributed by atoms with Crippen LogP contribution in [0.4, 0.5) is 0 Å². The summed E-state index contributed by atoms with van der Waals surface area (Å²) in [6, 6.07) is 0.145. The fourth-order valence-corrected chi connectivity index (χ4v) is 2.64. The standard InChI is InChI=1S/C8H13N3O2S/c9-7-5-10-8(14(7,12)13)11-6-3-1-2-4-6/h5-6H,1-4,9H2,(H,10,11). The van der Waals surface area contributed by atoms with E-state index in [4.69, 9.17) is 5.73 Å². The number of nitrogens with one attached hydrogen (secondary N) is 1. The van der Waals surface area contributed by atoms with E-state index in [2.05, 4.69) is 10.3 Å². The molecule has 0 atom stereocenters. The molecule has 0 bridgehead atoms. The highest BCUT2D eigenvalue weighted by molar-refractivity contribution is 8.09. The Morgan fingerprint density at radius 1 is 1.43 bits per heavy atom. The zero-order valence-electron chi connectivity index (χ0n) is 7.73. The van der Waals surface area contributed by atoms with Crippen molar-refractivity contribution >= 4 is 15.0 Å². The van der Waals surface area contributed by atoms with Crippen LogP contribution >= 0.6 is 0 Å². The van der Waals surface area contributed by atoms with Crippen LogP contribution in [-0.4, -0.2) is 19.6 Å². The summed E-state index contributed by atoms with van der Waals surface area (Å²) in [5, 5.41) is 2.47. The maximum absolute atomic E-state index is 11.5. The van der Waals surface area contributed by atoms with Crippen molar-refractivity contribution < 1.29 is 8.42 Å². The molecule has 0 amide bonds. The van der Waals surface area contributed by atoms with Gasteiger partial charge in [0.1, 0.15) is 5.03 Å². The number of nitrogens with two attached hydrogens (primary N) is 1. The second kappa shape index (κ2) is 3.27. The van der Waals surface area contributed by atoms with E-state index in [1.807, 2.05) is 0 Å². The van der Waals surface area contributed by atoms with Gasteiger partial charge in [0.05, 0.1) is 6.04 Å². The topological polar surface area (TPSA) is 84.5 Å². The molecule has 14 heavy (non-hydrogen) atoms. The van der Waals surface area contributed by atoms with Gasteiger partial charge in [-0.15, -0.1) is 0 Å². The molecule has 0 unspecified atom stereocenters. The monoisotopic (exact) mass is 215 g/mol. The van der Waals surface area contributed by atoms with Crippen LogP contribution in [0.3, 0.4) is 0 Å². The zero-order chi connectivity index (χ0) is 10.2. The van der Waals surface area contributed by atoms with Crippen molar-refractivity contribution in [2.45, 2.75) is 31.7 Å². The first-order valence-corrected chi connectivity index (χ1v) is 6.14. The van der Waals surface area contributed by atoms with Gasteiger partial charge < -0.3 is 11.1 Å². The van der Waals surface area contributed by atoms with E-state index in [0.717, 1.165) is 25.7 Å². The smallest absolute Gasteiger partial charge is 0.255 e. The molecule has 6 heteroatoms. The highest BCUT2D eigenvalue weighted by Crippen LogP contribution is 2.22. The second-order valence-corrected chi connectivity index (χ2v) is 5.43. The Labute approximate surface area is 83.0 Å². The van der Waals surface area contributed by atoms with Crippen LogP contribution in [0.2, 0.25) is 0 Å². The van der Waals surface area contributed by atoms with Crippen molar-refractivity contribution in [1.82, 2.24) is 5.32 Å². The highest BCUT2D eigenvalue weighted by Gasteiger charge is 2.29. The van der Waals surface area contributed by atoms with Crippen LogP contribution in [0.25, 0.3) is 0 Å². The van der Waals surface area contributed by atoms with Crippen LogP contribution < -0.4 is 11.1 Å². The van der Waals surface area contributed by atoms with Crippen LogP contribution in [0.5, 0.6) is 0 Å². The average Bonchev–Trinajstić information content (AvgIpc) is 2.70. The van der Waals surface area contributed by atoms with E-state index in [9.17, 15) is 8.42 Å². The lowest BCUT2D eigenvalue weighted by atomic mass is 10.3. The number of amidine groups is 1. The molecule has 0 saturated heterocycles. The first kappa shape index (κ1) is 9.51. The summed E-state index contributed by atoms with van der Waals surface area (Å²) >= 11 is 0. The molecule has 0 spiro atoms. The molecule has 1 aliphatic carbocycles. The van der Waals surface area contributed by atoms with E-state index in [1.54, 1.807) is 0 Å². The minimum Gasteiger partial charge on any atom is -0.388 e. The number of hydrogen-bond donors (Lipinski definition) is 2. The Balaban J connectivity index is 2.21. The van der Waals surface area contributed by atoms with Crippen molar-refractivity contribution in [3.63, 3.8) is 0 Å². The van der Waals surface area contributed by atoms with Gasteiger partial charge in [0, 0.05) is 6.20 Å². The van der Waals surface area contributed by atoms with E-state index >= 15 is 0 Å². The molecular weight excluding hydrogens is 202 g/mol. The summed E-state index contributed by atoms with van der Waals surface area (Å²) < 4.78 is 23.0. The van der Waals surface area contributed by atoms with Crippen LogP contribution in [0.1, 0.15) is 25.7 Å². The lowest BCUT2D eigenvalue weighted by molar-refractivity contribution is 0.611. The molecule has 0 radical (unpaired) electrons. The van der Waals surface area contributed by atoms with Gasteiger partial charge in [-0.25, -0.2) is 8.42 Å². The van der Waals surface area contributed by atoms with Gasteiger partial charge in [-0.1, -0.05) is 12.8 Å². The minimum absolute atomic E-state index is 0.0156. The molecule has 3 N–H and O–H groups in total. The summed E-state index contributed by atoms with van der Waals surface area (Å²) in [6.07, 6.45) is 5.49. The average molecular weight is 215 g/mol. The largest absolute Gasteiger partial charge is 0.388 e. The SMILES string of the molecule is NC1=CNC(=NC2CCCC2)S1(=O)=O.